The van der Waals surface area contributed by atoms with Gasteiger partial charge in [-0.05, 0) is 43.5 Å². The Kier molecular flexibility index (Phi) is 5.14. The Bertz CT molecular complexity index is 350. The van der Waals surface area contributed by atoms with Gasteiger partial charge in [-0.1, -0.05) is 19.1 Å². The fourth-order valence-electron chi connectivity index (χ4n) is 2.49. The van der Waals surface area contributed by atoms with E-state index in [0.717, 1.165) is 26.1 Å². The van der Waals surface area contributed by atoms with Crippen LogP contribution < -0.4 is 5.32 Å². The highest BCUT2D eigenvalue weighted by Crippen LogP contribution is 2.08. The van der Waals surface area contributed by atoms with Gasteiger partial charge in [-0.15, -0.1) is 0 Å². The van der Waals surface area contributed by atoms with E-state index in [4.69, 9.17) is 0 Å². The third-order valence-corrected chi connectivity index (χ3v) is 3.78. The lowest BCUT2D eigenvalue weighted by Crippen LogP contribution is -2.31. The van der Waals surface area contributed by atoms with E-state index in [2.05, 4.69) is 17.1 Å². The maximum Gasteiger partial charge on any atom is 0.123 e. The lowest BCUT2D eigenvalue weighted by atomic mass is 10.1. The van der Waals surface area contributed by atoms with Crippen molar-refractivity contribution < 1.29 is 4.39 Å². The molecule has 0 bridgehead atoms. The van der Waals surface area contributed by atoms with Crippen LogP contribution in [-0.4, -0.2) is 37.1 Å². The molecule has 1 fully saturated rings. The largest absolute Gasteiger partial charge is 0.313 e. The van der Waals surface area contributed by atoms with Gasteiger partial charge in [0.15, 0.2) is 0 Å². The molecule has 1 aliphatic rings. The minimum Gasteiger partial charge on any atom is -0.313 e. The Hall–Kier alpha value is -0.930. The number of benzene rings is 1. The quantitative estimate of drug-likeness (QED) is 0.883. The Balaban J connectivity index is 1.77. The van der Waals surface area contributed by atoms with E-state index >= 15 is 0 Å². The zero-order valence-corrected chi connectivity index (χ0v) is 11.2. The predicted molar refractivity (Wildman–Crippen MR) is 73.2 cm³/mol. The van der Waals surface area contributed by atoms with Crippen LogP contribution in [0.5, 0.6) is 0 Å². The van der Waals surface area contributed by atoms with Crippen LogP contribution in [-0.2, 0) is 6.42 Å². The Labute approximate surface area is 109 Å². The average Bonchev–Trinajstić information content (AvgIpc) is 2.63. The molecule has 1 atom stereocenters. The van der Waals surface area contributed by atoms with Crippen molar-refractivity contribution in [1.29, 1.82) is 0 Å². The van der Waals surface area contributed by atoms with Gasteiger partial charge in [0, 0.05) is 25.7 Å². The Morgan fingerprint density at radius 2 is 2.06 bits per heavy atom. The molecular formula is C15H23FN2. The summed E-state index contributed by atoms with van der Waals surface area (Å²) in [5.41, 5.74) is 1.22. The van der Waals surface area contributed by atoms with Crippen molar-refractivity contribution in [3.63, 3.8) is 0 Å². The van der Waals surface area contributed by atoms with E-state index in [1.54, 1.807) is 12.1 Å². The van der Waals surface area contributed by atoms with Gasteiger partial charge >= 0.3 is 0 Å². The number of hydrogen-bond acceptors (Lipinski definition) is 2. The molecule has 1 aliphatic heterocycles. The SMILES string of the molecule is CCC1CCN(CCc2ccc(F)cc2)CCN1. The molecule has 2 rings (SSSR count). The van der Waals surface area contributed by atoms with Crippen molar-refractivity contribution in [2.24, 2.45) is 0 Å². The van der Waals surface area contributed by atoms with E-state index in [1.165, 1.54) is 24.9 Å². The molecule has 1 heterocycles. The highest BCUT2D eigenvalue weighted by atomic mass is 19.1. The van der Waals surface area contributed by atoms with Gasteiger partial charge in [-0.25, -0.2) is 4.39 Å². The average molecular weight is 250 g/mol. The molecule has 0 amide bonds. The maximum absolute atomic E-state index is 12.8. The molecule has 1 N–H and O–H groups in total. The smallest absolute Gasteiger partial charge is 0.123 e. The lowest BCUT2D eigenvalue weighted by Gasteiger charge is -2.19. The molecule has 3 heteroatoms. The fraction of sp³-hybridized carbons (Fsp3) is 0.600. The van der Waals surface area contributed by atoms with Gasteiger partial charge in [0.2, 0.25) is 0 Å². The highest BCUT2D eigenvalue weighted by molar-refractivity contribution is 5.16. The Morgan fingerprint density at radius 3 is 2.78 bits per heavy atom. The first kappa shape index (κ1) is 13.5. The number of nitrogens with one attached hydrogen (secondary N) is 1. The molecule has 0 aliphatic carbocycles. The van der Waals surface area contributed by atoms with Crippen LogP contribution >= 0.6 is 0 Å². The van der Waals surface area contributed by atoms with Gasteiger partial charge in [0.1, 0.15) is 5.82 Å². The lowest BCUT2D eigenvalue weighted by molar-refractivity contribution is 0.293. The van der Waals surface area contributed by atoms with Crippen molar-refractivity contribution in [2.45, 2.75) is 32.2 Å². The number of nitrogens with zero attached hydrogens (tertiary/aromatic N) is 1. The maximum atomic E-state index is 12.8. The van der Waals surface area contributed by atoms with E-state index in [1.807, 2.05) is 12.1 Å². The zero-order chi connectivity index (χ0) is 12.8. The first-order valence-corrected chi connectivity index (χ1v) is 6.98. The zero-order valence-electron chi connectivity index (χ0n) is 11.2. The third-order valence-electron chi connectivity index (χ3n) is 3.78. The summed E-state index contributed by atoms with van der Waals surface area (Å²) in [6, 6.07) is 7.56. The molecule has 0 spiro atoms. The second-order valence-corrected chi connectivity index (χ2v) is 5.07. The summed E-state index contributed by atoms with van der Waals surface area (Å²) in [6.45, 7) is 6.70. The summed E-state index contributed by atoms with van der Waals surface area (Å²) in [5.74, 6) is -0.150. The van der Waals surface area contributed by atoms with Gasteiger partial charge < -0.3 is 10.2 Å². The summed E-state index contributed by atoms with van der Waals surface area (Å²) in [4.78, 5) is 2.51. The van der Waals surface area contributed by atoms with E-state index in [0.29, 0.717) is 6.04 Å². The highest BCUT2D eigenvalue weighted by Gasteiger charge is 2.14. The third kappa shape index (κ3) is 4.07. The Morgan fingerprint density at radius 1 is 1.28 bits per heavy atom. The molecule has 1 aromatic carbocycles. The van der Waals surface area contributed by atoms with Crippen molar-refractivity contribution in [3.8, 4) is 0 Å². The summed E-state index contributed by atoms with van der Waals surface area (Å²) in [6.07, 6.45) is 3.46. The summed E-state index contributed by atoms with van der Waals surface area (Å²) < 4.78 is 12.8. The van der Waals surface area contributed by atoms with Crippen LogP contribution in [0.15, 0.2) is 24.3 Å². The molecule has 0 aromatic heterocycles. The number of halogens is 1. The van der Waals surface area contributed by atoms with Gasteiger partial charge in [0.05, 0.1) is 0 Å². The van der Waals surface area contributed by atoms with Gasteiger partial charge in [-0.2, -0.15) is 0 Å². The minimum absolute atomic E-state index is 0.150. The van der Waals surface area contributed by atoms with Crippen LogP contribution in [0.3, 0.4) is 0 Å². The second-order valence-electron chi connectivity index (χ2n) is 5.07. The number of hydrogen-bond donors (Lipinski definition) is 1. The molecule has 1 unspecified atom stereocenters. The van der Waals surface area contributed by atoms with Crippen LogP contribution in [0.25, 0.3) is 0 Å². The van der Waals surface area contributed by atoms with Crippen LogP contribution in [0.2, 0.25) is 0 Å². The predicted octanol–water partition coefficient (Wildman–Crippen LogP) is 2.44. The van der Waals surface area contributed by atoms with Crippen molar-refractivity contribution in [3.05, 3.63) is 35.6 Å². The van der Waals surface area contributed by atoms with Crippen LogP contribution in [0.1, 0.15) is 25.3 Å². The minimum atomic E-state index is -0.150. The van der Waals surface area contributed by atoms with Crippen molar-refractivity contribution >= 4 is 0 Å². The fourth-order valence-corrected chi connectivity index (χ4v) is 2.49. The van der Waals surface area contributed by atoms with Crippen LogP contribution in [0, 0.1) is 5.82 Å². The standard InChI is InChI=1S/C15H23FN2/c1-2-15-8-11-18(12-9-17-15)10-7-13-3-5-14(16)6-4-13/h3-6,15,17H,2,7-12H2,1H3. The molecule has 0 radical (unpaired) electrons. The van der Waals surface area contributed by atoms with E-state index in [9.17, 15) is 4.39 Å². The number of rotatable bonds is 4. The topological polar surface area (TPSA) is 15.3 Å². The monoisotopic (exact) mass is 250 g/mol. The first-order valence-electron chi connectivity index (χ1n) is 6.98. The summed E-state index contributed by atoms with van der Waals surface area (Å²) in [7, 11) is 0. The van der Waals surface area contributed by atoms with Crippen LogP contribution in [0.4, 0.5) is 4.39 Å². The molecular weight excluding hydrogens is 227 g/mol. The summed E-state index contributed by atoms with van der Waals surface area (Å²) >= 11 is 0. The first-order chi connectivity index (χ1) is 8.78. The molecule has 1 aromatic rings. The normalized spacial score (nSPS) is 21.8. The molecule has 18 heavy (non-hydrogen) atoms. The van der Waals surface area contributed by atoms with E-state index in [-0.39, 0.29) is 5.82 Å². The van der Waals surface area contributed by atoms with E-state index < -0.39 is 0 Å². The van der Waals surface area contributed by atoms with Gasteiger partial charge in [-0.3, -0.25) is 0 Å². The van der Waals surface area contributed by atoms with Gasteiger partial charge in [0.25, 0.3) is 0 Å². The molecule has 2 nitrogen and oxygen atoms in total. The van der Waals surface area contributed by atoms with Crippen molar-refractivity contribution in [1.82, 2.24) is 10.2 Å². The molecule has 1 saturated heterocycles. The van der Waals surface area contributed by atoms with Crippen molar-refractivity contribution in [2.75, 3.05) is 26.2 Å². The second kappa shape index (κ2) is 6.86. The summed E-state index contributed by atoms with van der Waals surface area (Å²) in [5, 5.41) is 3.58. The molecule has 0 saturated carbocycles. The molecule has 100 valence electrons.